The van der Waals surface area contributed by atoms with Gasteiger partial charge in [-0.1, -0.05) is 25.5 Å². The number of unbranched alkanes of at least 4 members (excludes halogenated alkanes) is 1. The molecule has 0 aliphatic carbocycles. The maximum atomic E-state index is 12.1. The van der Waals surface area contributed by atoms with Crippen LogP contribution in [0.2, 0.25) is 0 Å². The minimum atomic E-state index is -0.932. The maximum Gasteiger partial charge on any atom is 0.305 e. The van der Waals surface area contributed by atoms with Crippen LogP contribution in [0.1, 0.15) is 48.5 Å². The summed E-state index contributed by atoms with van der Waals surface area (Å²) in [6.07, 6.45) is 2.31. The van der Waals surface area contributed by atoms with Crippen LogP contribution < -0.4 is 5.32 Å². The van der Waals surface area contributed by atoms with E-state index in [1.54, 1.807) is 31.3 Å². The highest BCUT2D eigenvalue weighted by molar-refractivity contribution is 5.94. The summed E-state index contributed by atoms with van der Waals surface area (Å²) < 4.78 is 0. The second-order valence-electron chi connectivity index (χ2n) is 5.45. The predicted octanol–water partition coefficient (Wildman–Crippen LogP) is 2.04. The summed E-state index contributed by atoms with van der Waals surface area (Å²) >= 11 is 0. The standard InChI is InChI=1S/C17H24N2O4/c1-3-4-5-15(20)18-12-13-6-8-14(9-7-13)17(23)19(2)11-10-16(21)22/h6-9H,3-5,10-12H2,1-2H3,(H,18,20)(H,21,22). The minimum Gasteiger partial charge on any atom is -0.481 e. The number of benzene rings is 1. The quantitative estimate of drug-likeness (QED) is 0.729. The molecule has 1 rings (SSSR count). The smallest absolute Gasteiger partial charge is 0.305 e. The van der Waals surface area contributed by atoms with Crippen LogP contribution in [0.25, 0.3) is 0 Å². The molecule has 0 heterocycles. The monoisotopic (exact) mass is 320 g/mol. The van der Waals surface area contributed by atoms with Crippen molar-refractivity contribution in [3.05, 3.63) is 35.4 Å². The van der Waals surface area contributed by atoms with Crippen LogP contribution in [0.3, 0.4) is 0 Å². The molecule has 0 bridgehead atoms. The highest BCUT2D eigenvalue weighted by Gasteiger charge is 2.12. The molecule has 2 N–H and O–H groups in total. The van der Waals surface area contributed by atoms with E-state index < -0.39 is 5.97 Å². The Morgan fingerprint density at radius 3 is 2.35 bits per heavy atom. The normalized spacial score (nSPS) is 10.2. The maximum absolute atomic E-state index is 12.1. The Morgan fingerprint density at radius 2 is 1.78 bits per heavy atom. The zero-order valence-electron chi connectivity index (χ0n) is 13.7. The van der Waals surface area contributed by atoms with E-state index in [4.69, 9.17) is 5.11 Å². The number of nitrogens with zero attached hydrogens (tertiary/aromatic N) is 1. The van der Waals surface area contributed by atoms with Crippen molar-refractivity contribution in [2.75, 3.05) is 13.6 Å². The van der Waals surface area contributed by atoms with Gasteiger partial charge in [0.1, 0.15) is 0 Å². The van der Waals surface area contributed by atoms with Crippen LogP contribution in [-0.2, 0) is 16.1 Å². The first-order valence-corrected chi connectivity index (χ1v) is 7.77. The fraction of sp³-hybridized carbons (Fsp3) is 0.471. The molecule has 0 aliphatic rings. The van der Waals surface area contributed by atoms with Gasteiger partial charge in [-0.05, 0) is 24.1 Å². The first-order valence-electron chi connectivity index (χ1n) is 7.77. The molecule has 0 radical (unpaired) electrons. The van der Waals surface area contributed by atoms with Crippen LogP contribution in [0.4, 0.5) is 0 Å². The molecule has 0 atom stereocenters. The number of nitrogens with one attached hydrogen (secondary N) is 1. The van der Waals surface area contributed by atoms with Gasteiger partial charge >= 0.3 is 5.97 Å². The second-order valence-corrected chi connectivity index (χ2v) is 5.45. The summed E-state index contributed by atoms with van der Waals surface area (Å²) in [6.45, 7) is 2.64. The summed E-state index contributed by atoms with van der Waals surface area (Å²) in [6, 6.07) is 6.96. The largest absolute Gasteiger partial charge is 0.481 e. The van der Waals surface area contributed by atoms with Crippen molar-refractivity contribution in [1.82, 2.24) is 10.2 Å². The lowest BCUT2D eigenvalue weighted by atomic mass is 10.1. The molecule has 126 valence electrons. The zero-order chi connectivity index (χ0) is 17.2. The van der Waals surface area contributed by atoms with Gasteiger partial charge in [-0.2, -0.15) is 0 Å². The van der Waals surface area contributed by atoms with Crippen molar-refractivity contribution in [3.8, 4) is 0 Å². The number of amides is 2. The van der Waals surface area contributed by atoms with Crippen molar-refractivity contribution in [3.63, 3.8) is 0 Å². The molecule has 0 aliphatic heterocycles. The molecule has 0 aromatic heterocycles. The third-order valence-electron chi connectivity index (χ3n) is 3.46. The summed E-state index contributed by atoms with van der Waals surface area (Å²) in [4.78, 5) is 35.6. The molecule has 0 saturated carbocycles. The minimum absolute atomic E-state index is 0.0282. The molecule has 1 aromatic carbocycles. The van der Waals surface area contributed by atoms with Crippen LogP contribution in [0.15, 0.2) is 24.3 Å². The van der Waals surface area contributed by atoms with Crippen LogP contribution >= 0.6 is 0 Å². The zero-order valence-corrected chi connectivity index (χ0v) is 13.7. The van der Waals surface area contributed by atoms with Gasteiger partial charge < -0.3 is 15.3 Å². The Bertz CT molecular complexity index is 540. The fourth-order valence-electron chi connectivity index (χ4n) is 1.98. The van der Waals surface area contributed by atoms with E-state index in [9.17, 15) is 14.4 Å². The van der Waals surface area contributed by atoms with Gasteiger partial charge in [0.05, 0.1) is 6.42 Å². The number of rotatable bonds is 9. The fourth-order valence-corrected chi connectivity index (χ4v) is 1.98. The van der Waals surface area contributed by atoms with Gasteiger partial charge in [0.25, 0.3) is 5.91 Å². The topological polar surface area (TPSA) is 86.7 Å². The summed E-state index contributed by atoms with van der Waals surface area (Å²) in [5.74, 6) is -1.12. The van der Waals surface area contributed by atoms with Crippen LogP contribution in [0, 0.1) is 0 Å². The van der Waals surface area contributed by atoms with Gasteiger partial charge in [0.2, 0.25) is 5.91 Å². The van der Waals surface area contributed by atoms with Crippen molar-refractivity contribution in [2.24, 2.45) is 0 Å². The number of hydrogen-bond acceptors (Lipinski definition) is 3. The van der Waals surface area contributed by atoms with Crippen molar-refractivity contribution in [2.45, 2.75) is 39.2 Å². The molecular weight excluding hydrogens is 296 g/mol. The summed E-state index contributed by atoms with van der Waals surface area (Å²) in [5, 5.41) is 11.5. The third-order valence-corrected chi connectivity index (χ3v) is 3.46. The number of carbonyl (C=O) groups is 3. The molecule has 0 unspecified atom stereocenters. The average molecular weight is 320 g/mol. The Balaban J connectivity index is 2.50. The van der Waals surface area contributed by atoms with E-state index in [1.807, 2.05) is 6.92 Å². The van der Waals surface area contributed by atoms with E-state index in [0.29, 0.717) is 18.5 Å². The van der Waals surface area contributed by atoms with E-state index >= 15 is 0 Å². The highest BCUT2D eigenvalue weighted by Crippen LogP contribution is 2.08. The van der Waals surface area contributed by atoms with E-state index in [1.165, 1.54) is 4.90 Å². The molecule has 0 fully saturated rings. The summed E-state index contributed by atoms with van der Waals surface area (Å²) in [7, 11) is 1.58. The Labute approximate surface area is 136 Å². The van der Waals surface area contributed by atoms with Crippen LogP contribution in [-0.4, -0.2) is 41.4 Å². The SMILES string of the molecule is CCCCC(=O)NCc1ccc(C(=O)N(C)CCC(=O)O)cc1. The molecule has 0 saturated heterocycles. The Kier molecular flexibility index (Phi) is 7.80. The lowest BCUT2D eigenvalue weighted by molar-refractivity contribution is -0.137. The number of carbonyl (C=O) groups excluding carboxylic acids is 2. The first-order chi connectivity index (χ1) is 10.9. The Morgan fingerprint density at radius 1 is 1.13 bits per heavy atom. The van der Waals surface area contributed by atoms with Gasteiger partial charge in [0, 0.05) is 32.1 Å². The van der Waals surface area contributed by atoms with E-state index in [2.05, 4.69) is 5.32 Å². The van der Waals surface area contributed by atoms with Gasteiger partial charge in [-0.15, -0.1) is 0 Å². The van der Waals surface area contributed by atoms with Gasteiger partial charge in [-0.3, -0.25) is 14.4 Å². The lowest BCUT2D eigenvalue weighted by Crippen LogP contribution is -2.29. The lowest BCUT2D eigenvalue weighted by Gasteiger charge is -2.16. The molecular formula is C17H24N2O4. The molecule has 23 heavy (non-hydrogen) atoms. The first kappa shape index (κ1) is 18.7. The predicted molar refractivity (Wildman–Crippen MR) is 87.0 cm³/mol. The third kappa shape index (κ3) is 6.95. The highest BCUT2D eigenvalue weighted by atomic mass is 16.4. The number of carboxylic acid groups (broad SMARTS) is 1. The molecule has 2 amide bonds. The molecule has 0 spiro atoms. The summed E-state index contributed by atoms with van der Waals surface area (Å²) in [5.41, 5.74) is 1.42. The average Bonchev–Trinajstić information content (AvgIpc) is 2.55. The van der Waals surface area contributed by atoms with Gasteiger partial charge in [-0.25, -0.2) is 0 Å². The number of carboxylic acids is 1. The van der Waals surface area contributed by atoms with E-state index in [0.717, 1.165) is 18.4 Å². The van der Waals surface area contributed by atoms with Crippen molar-refractivity contribution in [1.29, 1.82) is 0 Å². The Hall–Kier alpha value is -2.37. The van der Waals surface area contributed by atoms with E-state index in [-0.39, 0.29) is 24.8 Å². The van der Waals surface area contributed by atoms with Crippen molar-refractivity contribution < 1.29 is 19.5 Å². The van der Waals surface area contributed by atoms with Crippen molar-refractivity contribution >= 4 is 17.8 Å². The molecule has 1 aromatic rings. The van der Waals surface area contributed by atoms with Crippen LogP contribution in [0.5, 0.6) is 0 Å². The number of aliphatic carboxylic acids is 1. The molecule has 6 nitrogen and oxygen atoms in total. The van der Waals surface area contributed by atoms with Gasteiger partial charge in [0.15, 0.2) is 0 Å². The second kappa shape index (κ2) is 9.61. The molecule has 6 heteroatoms. The number of hydrogen-bond donors (Lipinski definition) is 2.